The fourth-order valence-electron chi connectivity index (χ4n) is 1.81. The second-order valence-electron chi connectivity index (χ2n) is 3.58. The first kappa shape index (κ1) is 10.3. The number of halogens is 1. The van der Waals surface area contributed by atoms with Gasteiger partial charge in [0.25, 0.3) is 0 Å². The summed E-state index contributed by atoms with van der Waals surface area (Å²) in [6.07, 6.45) is 1.82. The SMILES string of the molecule is O=C(O)Cc1cc(Cl)cc2c1OCCC2. The van der Waals surface area contributed by atoms with E-state index >= 15 is 0 Å². The molecule has 3 nitrogen and oxygen atoms in total. The van der Waals surface area contributed by atoms with Gasteiger partial charge in [0.05, 0.1) is 13.0 Å². The summed E-state index contributed by atoms with van der Waals surface area (Å²) in [7, 11) is 0. The summed E-state index contributed by atoms with van der Waals surface area (Å²) in [5, 5.41) is 9.34. The Bertz CT molecular complexity index is 401. The zero-order valence-electron chi connectivity index (χ0n) is 8.12. The van der Waals surface area contributed by atoms with E-state index in [-0.39, 0.29) is 6.42 Å². The Morgan fingerprint density at radius 3 is 3.07 bits per heavy atom. The van der Waals surface area contributed by atoms with E-state index in [1.165, 1.54) is 0 Å². The molecule has 0 spiro atoms. The number of carboxylic acids is 1. The van der Waals surface area contributed by atoms with E-state index in [0.29, 0.717) is 22.9 Å². The molecule has 1 aliphatic rings. The molecule has 0 fully saturated rings. The normalized spacial score (nSPS) is 14.2. The first-order valence-corrected chi connectivity index (χ1v) is 5.20. The summed E-state index contributed by atoms with van der Waals surface area (Å²) in [5.74, 6) is -0.151. The second kappa shape index (κ2) is 4.11. The molecule has 0 saturated carbocycles. The van der Waals surface area contributed by atoms with E-state index in [9.17, 15) is 4.79 Å². The van der Waals surface area contributed by atoms with Crippen LogP contribution in [-0.4, -0.2) is 17.7 Å². The average Bonchev–Trinajstić information content (AvgIpc) is 2.16. The van der Waals surface area contributed by atoms with Crippen LogP contribution in [0.4, 0.5) is 0 Å². The third kappa shape index (κ3) is 2.23. The van der Waals surface area contributed by atoms with Crippen LogP contribution in [-0.2, 0) is 17.6 Å². The summed E-state index contributed by atoms with van der Waals surface area (Å²) >= 11 is 5.92. The summed E-state index contributed by atoms with van der Waals surface area (Å²) in [4.78, 5) is 10.7. The van der Waals surface area contributed by atoms with Crippen LogP contribution in [0.2, 0.25) is 5.02 Å². The lowest BCUT2D eigenvalue weighted by Gasteiger charge is -2.20. The summed E-state index contributed by atoms with van der Waals surface area (Å²) in [5.41, 5.74) is 1.69. The number of carboxylic acid groups (broad SMARTS) is 1. The van der Waals surface area contributed by atoms with Gasteiger partial charge in [-0.3, -0.25) is 4.79 Å². The molecule has 1 N–H and O–H groups in total. The lowest BCUT2D eigenvalue weighted by atomic mass is 10.0. The number of benzene rings is 1. The van der Waals surface area contributed by atoms with Gasteiger partial charge in [0.1, 0.15) is 5.75 Å². The summed E-state index contributed by atoms with van der Waals surface area (Å²) in [6, 6.07) is 3.52. The fourth-order valence-corrected chi connectivity index (χ4v) is 2.08. The van der Waals surface area contributed by atoms with E-state index in [1.807, 2.05) is 6.07 Å². The van der Waals surface area contributed by atoms with Crippen LogP contribution in [0.15, 0.2) is 12.1 Å². The van der Waals surface area contributed by atoms with E-state index in [4.69, 9.17) is 21.4 Å². The Labute approximate surface area is 92.6 Å². The standard InChI is InChI=1S/C11H11ClO3/c12-9-4-7-2-1-3-15-11(7)8(5-9)6-10(13)14/h4-5H,1-3,6H2,(H,13,14). The Kier molecular flexibility index (Phi) is 2.82. The molecule has 1 aliphatic heterocycles. The summed E-state index contributed by atoms with van der Waals surface area (Å²) in [6.45, 7) is 0.654. The number of aryl methyl sites for hydroxylation is 1. The van der Waals surface area contributed by atoms with Gasteiger partial charge in [-0.25, -0.2) is 0 Å². The molecule has 0 atom stereocenters. The molecule has 0 radical (unpaired) electrons. The van der Waals surface area contributed by atoms with Gasteiger partial charge in [-0.05, 0) is 30.5 Å². The van der Waals surface area contributed by atoms with E-state index in [1.54, 1.807) is 6.07 Å². The van der Waals surface area contributed by atoms with Crippen molar-refractivity contribution in [3.8, 4) is 5.75 Å². The highest BCUT2D eigenvalue weighted by Gasteiger charge is 2.17. The van der Waals surface area contributed by atoms with Gasteiger partial charge in [-0.1, -0.05) is 11.6 Å². The van der Waals surface area contributed by atoms with Gasteiger partial charge in [0.15, 0.2) is 0 Å². The number of carbonyl (C=O) groups is 1. The van der Waals surface area contributed by atoms with Crippen molar-refractivity contribution in [3.05, 3.63) is 28.3 Å². The van der Waals surface area contributed by atoms with Crippen molar-refractivity contribution in [1.29, 1.82) is 0 Å². The lowest BCUT2D eigenvalue weighted by molar-refractivity contribution is -0.136. The molecular formula is C11H11ClO3. The minimum absolute atomic E-state index is 0.0388. The molecule has 1 heterocycles. The van der Waals surface area contributed by atoms with Crippen LogP contribution in [0.25, 0.3) is 0 Å². The highest BCUT2D eigenvalue weighted by atomic mass is 35.5. The fraction of sp³-hybridized carbons (Fsp3) is 0.364. The Hall–Kier alpha value is -1.22. The van der Waals surface area contributed by atoms with Gasteiger partial charge in [-0.2, -0.15) is 0 Å². The molecule has 0 saturated heterocycles. The number of rotatable bonds is 2. The Balaban J connectivity index is 2.43. The zero-order valence-corrected chi connectivity index (χ0v) is 8.88. The van der Waals surface area contributed by atoms with Crippen molar-refractivity contribution in [2.24, 2.45) is 0 Å². The monoisotopic (exact) mass is 226 g/mol. The molecule has 1 aromatic carbocycles. The molecule has 80 valence electrons. The number of fused-ring (bicyclic) bond motifs is 1. The van der Waals surface area contributed by atoms with Crippen LogP contribution < -0.4 is 4.74 Å². The van der Waals surface area contributed by atoms with Crippen LogP contribution in [0, 0.1) is 0 Å². The zero-order chi connectivity index (χ0) is 10.8. The molecule has 2 rings (SSSR count). The molecule has 0 unspecified atom stereocenters. The topological polar surface area (TPSA) is 46.5 Å². The maximum atomic E-state index is 10.7. The van der Waals surface area contributed by atoms with Gasteiger partial charge in [0.2, 0.25) is 0 Å². The first-order valence-electron chi connectivity index (χ1n) is 4.82. The van der Waals surface area contributed by atoms with Crippen molar-refractivity contribution < 1.29 is 14.6 Å². The minimum atomic E-state index is -0.867. The van der Waals surface area contributed by atoms with Gasteiger partial charge < -0.3 is 9.84 Å². The lowest BCUT2D eigenvalue weighted by Crippen LogP contribution is -2.12. The van der Waals surface area contributed by atoms with Crippen molar-refractivity contribution in [1.82, 2.24) is 0 Å². The molecule has 0 amide bonds. The van der Waals surface area contributed by atoms with Crippen LogP contribution >= 0.6 is 11.6 Å². The molecule has 1 aromatic rings. The van der Waals surface area contributed by atoms with Crippen LogP contribution in [0.5, 0.6) is 5.75 Å². The predicted molar refractivity (Wildman–Crippen MR) is 56.6 cm³/mol. The average molecular weight is 227 g/mol. The van der Waals surface area contributed by atoms with E-state index in [0.717, 1.165) is 18.4 Å². The number of hydrogen-bond donors (Lipinski definition) is 1. The highest BCUT2D eigenvalue weighted by molar-refractivity contribution is 6.30. The highest BCUT2D eigenvalue weighted by Crippen LogP contribution is 2.32. The first-order chi connectivity index (χ1) is 7.16. The predicted octanol–water partition coefficient (Wildman–Crippen LogP) is 2.29. The number of hydrogen-bond acceptors (Lipinski definition) is 2. The van der Waals surface area contributed by atoms with Gasteiger partial charge in [0, 0.05) is 10.6 Å². The van der Waals surface area contributed by atoms with Crippen molar-refractivity contribution in [3.63, 3.8) is 0 Å². The molecule has 0 bridgehead atoms. The van der Waals surface area contributed by atoms with Crippen molar-refractivity contribution in [2.75, 3.05) is 6.61 Å². The largest absolute Gasteiger partial charge is 0.493 e. The second-order valence-corrected chi connectivity index (χ2v) is 4.01. The summed E-state index contributed by atoms with van der Waals surface area (Å²) < 4.78 is 5.49. The van der Waals surface area contributed by atoms with E-state index in [2.05, 4.69) is 0 Å². The molecule has 0 aromatic heterocycles. The quantitative estimate of drug-likeness (QED) is 0.842. The minimum Gasteiger partial charge on any atom is -0.493 e. The van der Waals surface area contributed by atoms with Crippen LogP contribution in [0.1, 0.15) is 17.5 Å². The Morgan fingerprint density at radius 2 is 2.33 bits per heavy atom. The van der Waals surface area contributed by atoms with Crippen LogP contribution in [0.3, 0.4) is 0 Å². The molecule has 4 heteroatoms. The smallest absolute Gasteiger partial charge is 0.307 e. The Morgan fingerprint density at radius 1 is 1.53 bits per heavy atom. The van der Waals surface area contributed by atoms with E-state index < -0.39 is 5.97 Å². The maximum Gasteiger partial charge on any atom is 0.307 e. The third-order valence-corrected chi connectivity index (χ3v) is 2.60. The van der Waals surface area contributed by atoms with Crippen molar-refractivity contribution in [2.45, 2.75) is 19.3 Å². The molecular weight excluding hydrogens is 216 g/mol. The van der Waals surface area contributed by atoms with Gasteiger partial charge >= 0.3 is 5.97 Å². The molecule has 15 heavy (non-hydrogen) atoms. The third-order valence-electron chi connectivity index (χ3n) is 2.39. The number of aliphatic carboxylic acids is 1. The van der Waals surface area contributed by atoms with Gasteiger partial charge in [-0.15, -0.1) is 0 Å². The van der Waals surface area contributed by atoms with Crippen molar-refractivity contribution >= 4 is 17.6 Å². The molecule has 0 aliphatic carbocycles. The number of ether oxygens (including phenoxy) is 1. The maximum absolute atomic E-state index is 10.7.